The van der Waals surface area contributed by atoms with Crippen LogP contribution in [-0.4, -0.2) is 34.5 Å². The van der Waals surface area contributed by atoms with Gasteiger partial charge >= 0.3 is 5.92 Å². The van der Waals surface area contributed by atoms with Gasteiger partial charge in [0.25, 0.3) is 11.8 Å². The molecule has 0 unspecified atom stereocenters. The summed E-state index contributed by atoms with van der Waals surface area (Å²) in [7, 11) is 0. The summed E-state index contributed by atoms with van der Waals surface area (Å²) in [6, 6.07) is 4.56. The molecule has 2 aliphatic rings. The highest BCUT2D eigenvalue weighted by Gasteiger charge is 2.41. The predicted octanol–water partition coefficient (Wildman–Crippen LogP) is 2.51. The van der Waals surface area contributed by atoms with Crippen molar-refractivity contribution in [3.8, 4) is 0 Å². The summed E-state index contributed by atoms with van der Waals surface area (Å²) < 4.78 is 77.9. The second kappa shape index (κ2) is 8.31. The van der Waals surface area contributed by atoms with Crippen LogP contribution >= 0.6 is 11.6 Å². The van der Waals surface area contributed by atoms with Gasteiger partial charge in [-0.15, -0.1) is 0 Å². The van der Waals surface area contributed by atoms with Gasteiger partial charge in [0.2, 0.25) is 11.8 Å². The van der Waals surface area contributed by atoms with Crippen LogP contribution in [0.2, 0.25) is 6.43 Å². The molecule has 1 fully saturated rings. The van der Waals surface area contributed by atoms with Crippen molar-refractivity contribution in [2.24, 2.45) is 0 Å². The van der Waals surface area contributed by atoms with Crippen LogP contribution in [0.5, 0.6) is 0 Å². The molecule has 2 heterocycles. The zero-order chi connectivity index (χ0) is 28.4. The molecule has 2 aliphatic heterocycles. The molecule has 0 radical (unpaired) electrons. The molecule has 0 bridgehead atoms. The third kappa shape index (κ3) is 4.08. The number of fused-ring (bicyclic) bond motifs is 1. The Morgan fingerprint density at radius 1 is 1.31 bits per heavy atom. The van der Waals surface area contributed by atoms with Crippen LogP contribution in [-0.2, 0) is 33.3 Å². The Hall–Kier alpha value is -3.33. The fourth-order valence-corrected chi connectivity index (χ4v) is 3.38. The van der Waals surface area contributed by atoms with E-state index in [0.29, 0.717) is 4.90 Å². The van der Waals surface area contributed by atoms with Gasteiger partial charge in [-0.25, -0.2) is 0 Å². The maximum atomic E-state index is 14.8. The Balaban J connectivity index is 1.62. The van der Waals surface area contributed by atoms with E-state index in [1.54, 1.807) is 5.32 Å². The van der Waals surface area contributed by atoms with Crippen LogP contribution in [0.4, 0.5) is 8.78 Å². The molecule has 166 valence electrons. The Kier molecular flexibility index (Phi) is 4.02. The van der Waals surface area contributed by atoms with E-state index >= 15 is 0 Å². The number of piperidine rings is 1. The van der Waals surface area contributed by atoms with E-state index in [4.69, 9.17) is 19.9 Å². The zero-order valence-electron chi connectivity index (χ0n) is 22.1. The van der Waals surface area contributed by atoms with Crippen LogP contribution in [0.3, 0.4) is 0 Å². The standard InChI is InChI=1S/C22H18ClF2N3O4/c23-15-4-2-14(3-5-15)22(24,25)21(32)26-10-12-1-6-16-13(9-12)11-28(20(16)31)17-7-8-18(29)27-19(17)30/h1-6,9,17H,7-8,10-11H2,(H,26,32)(H,27,29,30)/t17-/m0/s1/i8D2,10D2,17D/hD. The first-order valence-electron chi connectivity index (χ1n) is 12.2. The van der Waals surface area contributed by atoms with Crippen molar-refractivity contribution < 1.29 is 36.2 Å². The smallest absolute Gasteiger partial charge is 0.346 e. The van der Waals surface area contributed by atoms with Gasteiger partial charge in [-0.3, -0.25) is 24.5 Å². The quantitative estimate of drug-likeness (QED) is 0.660. The van der Waals surface area contributed by atoms with Gasteiger partial charge in [0.1, 0.15) is 6.02 Å². The largest absolute Gasteiger partial charge is 0.349 e. The third-order valence-electron chi connectivity index (χ3n) is 4.90. The molecule has 0 aromatic heterocycles. The summed E-state index contributed by atoms with van der Waals surface area (Å²) in [6.07, 6.45) is -3.58. The Morgan fingerprint density at radius 2 is 2.03 bits per heavy atom. The second-order valence-electron chi connectivity index (χ2n) is 6.96. The molecule has 2 aromatic carbocycles. The van der Waals surface area contributed by atoms with Gasteiger partial charge in [0, 0.05) is 38.3 Å². The summed E-state index contributed by atoms with van der Waals surface area (Å²) in [5, 5.41) is 1.35. The lowest BCUT2D eigenvalue weighted by atomic mass is 10.0. The lowest BCUT2D eigenvalue weighted by molar-refractivity contribution is -0.147. The second-order valence-corrected chi connectivity index (χ2v) is 7.39. The van der Waals surface area contributed by atoms with Crippen molar-refractivity contribution >= 4 is 35.2 Å². The number of carbonyl (C=O) groups is 4. The lowest BCUT2D eigenvalue weighted by Gasteiger charge is -2.29. The summed E-state index contributed by atoms with van der Waals surface area (Å²) in [4.78, 5) is 50.3. The maximum absolute atomic E-state index is 14.8. The van der Waals surface area contributed by atoms with Gasteiger partial charge in [0.05, 0.1) is 4.11 Å². The molecule has 1 atom stereocenters. The molecule has 10 heteroatoms. The van der Waals surface area contributed by atoms with Crippen molar-refractivity contribution in [2.45, 2.75) is 37.8 Å². The lowest BCUT2D eigenvalue weighted by Crippen LogP contribution is -2.52. The van der Waals surface area contributed by atoms with Crippen molar-refractivity contribution in [1.29, 1.82) is 0 Å². The van der Waals surface area contributed by atoms with Gasteiger partial charge in [-0.2, -0.15) is 8.78 Å². The molecule has 7 nitrogen and oxygen atoms in total. The number of nitrogens with one attached hydrogen (secondary N) is 2. The Bertz CT molecular complexity index is 1380. The fourth-order valence-electron chi connectivity index (χ4n) is 3.26. The highest BCUT2D eigenvalue weighted by molar-refractivity contribution is 6.30. The highest BCUT2D eigenvalue weighted by Crippen LogP contribution is 2.30. The van der Waals surface area contributed by atoms with Crippen molar-refractivity contribution in [3.63, 3.8) is 0 Å². The minimum Gasteiger partial charge on any atom is -0.346 e. The molecule has 2 N–H and O–H groups in total. The number of halogens is 3. The molecule has 4 rings (SSSR count). The molecular formula is C22H18ClF2N3O4. The van der Waals surface area contributed by atoms with E-state index in [2.05, 4.69) is 0 Å². The summed E-state index contributed by atoms with van der Waals surface area (Å²) in [5.41, 5.74) is -1.30. The first-order chi connectivity index (χ1) is 17.4. The molecule has 32 heavy (non-hydrogen) atoms. The van der Waals surface area contributed by atoms with Crippen molar-refractivity contribution in [2.75, 3.05) is 0 Å². The monoisotopic (exact) mass is 467 g/mol. The highest BCUT2D eigenvalue weighted by atomic mass is 35.5. The Morgan fingerprint density at radius 3 is 2.75 bits per heavy atom. The van der Waals surface area contributed by atoms with Crippen LogP contribution in [0.1, 0.15) is 46.7 Å². The maximum Gasteiger partial charge on any atom is 0.349 e. The van der Waals surface area contributed by atoms with E-state index in [1.165, 1.54) is 0 Å². The van der Waals surface area contributed by atoms with E-state index in [1.807, 2.05) is 0 Å². The molecule has 2 aromatic rings. The minimum atomic E-state index is -4.27. The average molecular weight is 468 g/mol. The molecule has 4 amide bonds. The number of rotatable bonds is 5. The first kappa shape index (κ1) is 15.5. The number of hydrogen-bond donors (Lipinski definition) is 2. The topological polar surface area (TPSA) is 95.6 Å². The first-order valence-corrected chi connectivity index (χ1v) is 9.59. The average Bonchev–Trinajstić information content (AvgIpc) is 3.18. The minimum absolute atomic E-state index is 0.0403. The SMILES string of the molecule is [2H]N(C(=O)C(F)(F)c1ccc(Cl)cc1)C([2H])([2H])c1ccc2c(c1)CN([C@@]1([2H])CC([2H])([2H])C(=O)NC1=O)C2=O. The molecule has 0 spiro atoms. The van der Waals surface area contributed by atoms with Crippen LogP contribution < -0.4 is 10.6 Å². The fraction of sp³-hybridized carbons (Fsp3) is 0.273. The van der Waals surface area contributed by atoms with Gasteiger partial charge < -0.3 is 10.2 Å². The van der Waals surface area contributed by atoms with Crippen LogP contribution in [0.25, 0.3) is 0 Å². The molecule has 0 saturated carbocycles. The van der Waals surface area contributed by atoms with Crippen molar-refractivity contribution in [1.82, 2.24) is 15.5 Å². The van der Waals surface area contributed by atoms with Gasteiger partial charge in [-0.05, 0) is 35.7 Å². The number of nitrogens with zero attached hydrogens (tertiary/aromatic N) is 1. The van der Waals surface area contributed by atoms with E-state index in [-0.39, 0.29) is 16.1 Å². The molecule has 1 saturated heterocycles. The number of hydrogen-bond acceptors (Lipinski definition) is 4. The number of benzene rings is 2. The molecule has 0 aliphatic carbocycles. The van der Waals surface area contributed by atoms with E-state index in [0.717, 1.165) is 42.5 Å². The van der Waals surface area contributed by atoms with Gasteiger partial charge in [0.15, 0.2) is 1.41 Å². The zero-order valence-corrected chi connectivity index (χ0v) is 16.9. The third-order valence-corrected chi connectivity index (χ3v) is 5.15. The summed E-state index contributed by atoms with van der Waals surface area (Å²) in [5.74, 6) is -9.79. The number of amides is 4. The van der Waals surface area contributed by atoms with Crippen molar-refractivity contribution in [3.05, 3.63) is 69.7 Å². The molecular weight excluding hydrogens is 444 g/mol. The van der Waals surface area contributed by atoms with Crippen LogP contribution in [0, 0.1) is 0 Å². The van der Waals surface area contributed by atoms with Crippen LogP contribution in [0.15, 0.2) is 42.5 Å². The number of carbonyl (C=O) groups excluding carboxylic acids is 4. The normalized spacial score (nSPS) is 25.5. The number of imide groups is 1. The van der Waals surface area contributed by atoms with E-state index < -0.39 is 77.8 Å². The van der Waals surface area contributed by atoms with Gasteiger partial charge in [-0.1, -0.05) is 35.9 Å². The Labute approximate surface area is 195 Å². The summed E-state index contributed by atoms with van der Waals surface area (Å²) >= 11 is 5.68. The summed E-state index contributed by atoms with van der Waals surface area (Å²) in [6.45, 7) is -3.59. The van der Waals surface area contributed by atoms with E-state index in [9.17, 15) is 28.0 Å². The number of alkyl halides is 2. The predicted molar refractivity (Wildman–Crippen MR) is 110 cm³/mol.